The van der Waals surface area contributed by atoms with Crippen LogP contribution in [0.2, 0.25) is 0 Å². The molecule has 0 radical (unpaired) electrons. The number of H-pyrrole nitrogens is 1. The normalized spacial score (nSPS) is 11.0. The SMILES string of the molecule is CCCc1cc(=O)oc2c(C)c(OCC(=O)n3[nH]c(C)cc3=O)ccc12. The minimum Gasteiger partial charge on any atom is -0.483 e. The van der Waals surface area contributed by atoms with E-state index in [1.165, 1.54) is 12.1 Å². The predicted molar refractivity (Wildman–Crippen MR) is 97.1 cm³/mol. The van der Waals surface area contributed by atoms with Crippen LogP contribution in [0.3, 0.4) is 0 Å². The van der Waals surface area contributed by atoms with Gasteiger partial charge in [-0.1, -0.05) is 13.3 Å². The van der Waals surface area contributed by atoms with Crippen LogP contribution in [-0.2, 0) is 6.42 Å². The van der Waals surface area contributed by atoms with E-state index in [0.29, 0.717) is 22.6 Å². The number of hydrogen-bond donors (Lipinski definition) is 1. The van der Waals surface area contributed by atoms with Crippen LogP contribution in [0.5, 0.6) is 5.75 Å². The quantitative estimate of drug-likeness (QED) is 0.709. The van der Waals surface area contributed by atoms with Crippen LogP contribution in [-0.4, -0.2) is 22.3 Å². The van der Waals surface area contributed by atoms with Crippen molar-refractivity contribution in [3.63, 3.8) is 0 Å². The maximum atomic E-state index is 12.2. The first-order valence-corrected chi connectivity index (χ1v) is 8.41. The Balaban J connectivity index is 1.90. The van der Waals surface area contributed by atoms with E-state index >= 15 is 0 Å². The highest BCUT2D eigenvalue weighted by Gasteiger charge is 2.14. The fourth-order valence-corrected chi connectivity index (χ4v) is 2.94. The molecule has 0 aliphatic carbocycles. The zero-order valence-corrected chi connectivity index (χ0v) is 14.9. The van der Waals surface area contributed by atoms with Gasteiger partial charge in [-0.25, -0.2) is 4.79 Å². The van der Waals surface area contributed by atoms with Crippen molar-refractivity contribution >= 4 is 16.9 Å². The summed E-state index contributed by atoms with van der Waals surface area (Å²) < 4.78 is 11.8. The van der Waals surface area contributed by atoms with Gasteiger partial charge in [-0.05, 0) is 38.0 Å². The maximum Gasteiger partial charge on any atom is 0.336 e. The minimum absolute atomic E-state index is 0.314. The second-order valence-electron chi connectivity index (χ2n) is 6.20. The Morgan fingerprint density at radius 2 is 2.00 bits per heavy atom. The van der Waals surface area contributed by atoms with E-state index in [4.69, 9.17) is 9.15 Å². The molecule has 0 unspecified atom stereocenters. The Bertz CT molecular complexity index is 1090. The van der Waals surface area contributed by atoms with Gasteiger partial charge in [0.25, 0.3) is 11.5 Å². The highest BCUT2D eigenvalue weighted by atomic mass is 16.5. The number of rotatable bonds is 5. The number of aryl methyl sites for hydroxylation is 3. The van der Waals surface area contributed by atoms with Gasteiger partial charge < -0.3 is 9.15 Å². The van der Waals surface area contributed by atoms with Crippen LogP contribution < -0.4 is 15.9 Å². The second kappa shape index (κ2) is 7.03. The second-order valence-corrected chi connectivity index (χ2v) is 6.20. The molecule has 7 heteroatoms. The van der Waals surface area contributed by atoms with E-state index in [0.717, 1.165) is 28.5 Å². The number of aromatic nitrogens is 2. The largest absolute Gasteiger partial charge is 0.483 e. The molecule has 3 aromatic rings. The summed E-state index contributed by atoms with van der Waals surface area (Å²) in [4.78, 5) is 35.7. The van der Waals surface area contributed by atoms with E-state index in [1.54, 1.807) is 19.9 Å². The van der Waals surface area contributed by atoms with Crippen LogP contribution >= 0.6 is 0 Å². The first-order valence-electron chi connectivity index (χ1n) is 8.41. The molecule has 0 spiro atoms. The molecule has 0 aliphatic rings. The van der Waals surface area contributed by atoms with Gasteiger partial charge in [-0.15, -0.1) is 0 Å². The fourth-order valence-electron chi connectivity index (χ4n) is 2.94. The van der Waals surface area contributed by atoms with Crippen molar-refractivity contribution in [3.8, 4) is 5.75 Å². The van der Waals surface area contributed by atoms with Crippen LogP contribution in [0.25, 0.3) is 11.0 Å². The van der Waals surface area contributed by atoms with E-state index in [9.17, 15) is 14.4 Å². The lowest BCUT2D eigenvalue weighted by molar-refractivity contribution is 0.0816. The highest BCUT2D eigenvalue weighted by molar-refractivity contribution is 5.85. The third-order valence-electron chi connectivity index (χ3n) is 4.17. The van der Waals surface area contributed by atoms with Crippen molar-refractivity contribution in [2.45, 2.75) is 33.6 Å². The van der Waals surface area contributed by atoms with Crippen molar-refractivity contribution in [1.29, 1.82) is 0 Å². The smallest absolute Gasteiger partial charge is 0.336 e. The number of hydrogen-bond acceptors (Lipinski definition) is 5. The summed E-state index contributed by atoms with van der Waals surface area (Å²) in [5, 5.41) is 3.53. The molecule has 0 bridgehead atoms. The number of nitrogens with zero attached hydrogens (tertiary/aromatic N) is 1. The third kappa shape index (κ3) is 3.33. The van der Waals surface area contributed by atoms with Gasteiger partial charge in [-0.3, -0.25) is 14.7 Å². The summed E-state index contributed by atoms with van der Waals surface area (Å²) in [5.41, 5.74) is 1.78. The number of fused-ring (bicyclic) bond motifs is 1. The minimum atomic E-state index is -0.510. The van der Waals surface area contributed by atoms with Crippen LogP contribution in [0.1, 0.15) is 35.0 Å². The molecule has 3 rings (SSSR count). The Morgan fingerprint density at radius 3 is 2.65 bits per heavy atom. The van der Waals surface area contributed by atoms with Gasteiger partial charge in [-0.2, -0.15) is 4.68 Å². The molecule has 136 valence electrons. The van der Waals surface area contributed by atoms with Crippen molar-refractivity contribution in [2.75, 3.05) is 6.61 Å². The zero-order chi connectivity index (χ0) is 18.8. The monoisotopic (exact) mass is 356 g/mol. The molecular weight excluding hydrogens is 336 g/mol. The van der Waals surface area contributed by atoms with Crippen molar-refractivity contribution in [1.82, 2.24) is 9.78 Å². The average Bonchev–Trinajstić information content (AvgIpc) is 2.93. The van der Waals surface area contributed by atoms with Crippen molar-refractivity contribution < 1.29 is 13.9 Å². The molecule has 0 aliphatic heterocycles. The maximum absolute atomic E-state index is 12.2. The van der Waals surface area contributed by atoms with Crippen LogP contribution in [0.15, 0.2) is 38.3 Å². The molecule has 0 atom stereocenters. The molecule has 0 fully saturated rings. The Kier molecular flexibility index (Phi) is 4.79. The number of carbonyl (C=O) groups excluding carboxylic acids is 1. The van der Waals surface area contributed by atoms with Gasteiger partial charge in [0, 0.05) is 28.8 Å². The van der Waals surface area contributed by atoms with E-state index in [1.807, 2.05) is 13.0 Å². The topological polar surface area (TPSA) is 94.3 Å². The van der Waals surface area contributed by atoms with Gasteiger partial charge in [0.15, 0.2) is 6.61 Å². The van der Waals surface area contributed by atoms with Gasteiger partial charge >= 0.3 is 5.63 Å². The van der Waals surface area contributed by atoms with Gasteiger partial charge in [0.05, 0.1) is 0 Å². The molecule has 0 saturated carbocycles. The molecule has 1 N–H and O–H groups in total. The number of aromatic amines is 1. The molecule has 7 nitrogen and oxygen atoms in total. The molecule has 1 aromatic carbocycles. The average molecular weight is 356 g/mol. The zero-order valence-electron chi connectivity index (χ0n) is 14.9. The molecular formula is C19H20N2O5. The first kappa shape index (κ1) is 17.7. The lowest BCUT2D eigenvalue weighted by Crippen LogP contribution is -2.28. The number of carbonyl (C=O) groups is 1. The Morgan fingerprint density at radius 1 is 1.23 bits per heavy atom. The molecule has 2 heterocycles. The summed E-state index contributed by atoms with van der Waals surface area (Å²) in [6.07, 6.45) is 1.68. The number of nitrogens with one attached hydrogen (secondary N) is 1. The molecule has 2 aromatic heterocycles. The van der Waals surface area contributed by atoms with Crippen LogP contribution in [0, 0.1) is 13.8 Å². The standard InChI is InChI=1S/C19H20N2O5/c1-4-5-13-9-18(24)26-19-12(3)15(7-6-14(13)19)25-10-17(23)21-16(22)8-11(2)20-21/h6-9,20H,4-5,10H2,1-3H3. The summed E-state index contributed by atoms with van der Waals surface area (Å²) in [7, 11) is 0. The van der Waals surface area contributed by atoms with E-state index in [2.05, 4.69) is 5.10 Å². The molecule has 0 amide bonds. The predicted octanol–water partition coefficient (Wildman–Crippen LogP) is 2.57. The highest BCUT2D eigenvalue weighted by Crippen LogP contribution is 2.28. The van der Waals surface area contributed by atoms with E-state index in [-0.39, 0.29) is 6.61 Å². The van der Waals surface area contributed by atoms with Crippen LogP contribution in [0.4, 0.5) is 0 Å². The first-order chi connectivity index (χ1) is 12.4. The summed E-state index contributed by atoms with van der Waals surface area (Å²) >= 11 is 0. The number of benzene rings is 1. The Labute approximate surface area is 149 Å². The van der Waals surface area contributed by atoms with E-state index < -0.39 is 17.1 Å². The molecule has 26 heavy (non-hydrogen) atoms. The van der Waals surface area contributed by atoms with Crippen molar-refractivity contribution in [3.05, 3.63) is 61.9 Å². The third-order valence-corrected chi connectivity index (χ3v) is 4.17. The molecule has 0 saturated heterocycles. The lowest BCUT2D eigenvalue weighted by Gasteiger charge is -2.12. The summed E-state index contributed by atoms with van der Waals surface area (Å²) in [5.74, 6) is -0.0808. The summed E-state index contributed by atoms with van der Waals surface area (Å²) in [6, 6.07) is 6.41. The summed E-state index contributed by atoms with van der Waals surface area (Å²) in [6.45, 7) is 5.19. The van der Waals surface area contributed by atoms with Gasteiger partial charge in [0.2, 0.25) is 0 Å². The van der Waals surface area contributed by atoms with Crippen molar-refractivity contribution in [2.24, 2.45) is 0 Å². The Hall–Kier alpha value is -3.09. The fraction of sp³-hybridized carbons (Fsp3) is 0.316. The number of ether oxygens (including phenoxy) is 1. The lowest BCUT2D eigenvalue weighted by atomic mass is 10.0. The van der Waals surface area contributed by atoms with Gasteiger partial charge in [0.1, 0.15) is 11.3 Å².